The van der Waals surface area contributed by atoms with Gasteiger partial charge in [0.15, 0.2) is 5.69 Å². The predicted molar refractivity (Wildman–Crippen MR) is 83.9 cm³/mol. The van der Waals surface area contributed by atoms with Crippen LogP contribution in [0, 0.1) is 0 Å². The summed E-state index contributed by atoms with van der Waals surface area (Å²) in [6.07, 6.45) is 2.55. The van der Waals surface area contributed by atoms with Gasteiger partial charge in [-0.1, -0.05) is 50.6 Å². The van der Waals surface area contributed by atoms with Crippen molar-refractivity contribution < 1.29 is 4.79 Å². The summed E-state index contributed by atoms with van der Waals surface area (Å²) >= 11 is 0. The molecule has 5 heteroatoms. The molecule has 5 nitrogen and oxygen atoms in total. The lowest BCUT2D eigenvalue weighted by Crippen LogP contribution is -2.29. The van der Waals surface area contributed by atoms with E-state index >= 15 is 0 Å². The number of carbonyl (C=O) groups excluding carboxylic acids is 1. The molecule has 0 aliphatic heterocycles. The van der Waals surface area contributed by atoms with Crippen molar-refractivity contribution in [3.8, 4) is 0 Å². The number of hydrogen-bond acceptors (Lipinski definition) is 3. The van der Waals surface area contributed by atoms with Gasteiger partial charge < -0.3 is 11.1 Å². The molecule has 0 radical (unpaired) electrons. The number of amides is 1. The molecule has 0 aliphatic carbocycles. The molecule has 0 bridgehead atoms. The van der Waals surface area contributed by atoms with E-state index in [0.717, 1.165) is 30.5 Å². The van der Waals surface area contributed by atoms with Crippen LogP contribution < -0.4 is 11.1 Å². The van der Waals surface area contributed by atoms with Crippen LogP contribution in [0.1, 0.15) is 54.5 Å². The van der Waals surface area contributed by atoms with E-state index in [1.807, 2.05) is 37.3 Å². The number of carbonyl (C=O) groups is 1. The molecular formula is C16H22N4O. The Labute approximate surface area is 124 Å². The zero-order valence-electron chi connectivity index (χ0n) is 12.5. The van der Waals surface area contributed by atoms with E-state index in [0.29, 0.717) is 5.69 Å². The first kappa shape index (κ1) is 15.1. The summed E-state index contributed by atoms with van der Waals surface area (Å²) in [5.74, 6) is -0.234. The molecule has 112 valence electrons. The second kappa shape index (κ2) is 6.92. The summed E-state index contributed by atoms with van der Waals surface area (Å²) in [5, 5.41) is 9.90. The molecule has 0 saturated carbocycles. The van der Waals surface area contributed by atoms with Crippen LogP contribution in [0.2, 0.25) is 0 Å². The molecular weight excluding hydrogens is 264 g/mol. The fourth-order valence-corrected chi connectivity index (χ4v) is 2.33. The van der Waals surface area contributed by atoms with Crippen LogP contribution in [0.4, 0.5) is 5.69 Å². The normalized spacial score (nSPS) is 12.1. The lowest BCUT2D eigenvalue weighted by molar-refractivity contribution is 0.0931. The average Bonchev–Trinajstić information content (AvgIpc) is 2.87. The number of hydrogen-bond donors (Lipinski definition) is 3. The summed E-state index contributed by atoms with van der Waals surface area (Å²) in [7, 11) is 0. The van der Waals surface area contributed by atoms with Crippen molar-refractivity contribution in [1.82, 2.24) is 15.5 Å². The summed E-state index contributed by atoms with van der Waals surface area (Å²) in [4.78, 5) is 12.4. The molecule has 1 unspecified atom stereocenters. The largest absolute Gasteiger partial charge is 0.395 e. The van der Waals surface area contributed by atoms with Gasteiger partial charge in [-0.05, 0) is 18.4 Å². The number of aryl methyl sites for hydroxylation is 1. The van der Waals surface area contributed by atoms with Crippen LogP contribution in [0.3, 0.4) is 0 Å². The van der Waals surface area contributed by atoms with E-state index in [4.69, 9.17) is 5.73 Å². The van der Waals surface area contributed by atoms with Crippen molar-refractivity contribution in [2.75, 3.05) is 5.73 Å². The first-order chi connectivity index (χ1) is 10.2. The Kier molecular flexibility index (Phi) is 4.98. The summed E-state index contributed by atoms with van der Waals surface area (Å²) in [6, 6.07) is 9.86. The molecule has 1 aromatic heterocycles. The molecule has 4 N–H and O–H groups in total. The van der Waals surface area contributed by atoms with Gasteiger partial charge in [0.05, 0.1) is 17.4 Å². The number of anilines is 1. The molecule has 1 aromatic carbocycles. The highest BCUT2D eigenvalue weighted by atomic mass is 16.2. The summed E-state index contributed by atoms with van der Waals surface area (Å²) in [5.41, 5.74) is 8.64. The third-order valence-electron chi connectivity index (χ3n) is 3.51. The monoisotopic (exact) mass is 286 g/mol. The number of H-pyrrole nitrogens is 1. The molecule has 2 aromatic rings. The van der Waals surface area contributed by atoms with Gasteiger partial charge in [-0.25, -0.2) is 0 Å². The number of rotatable bonds is 6. The molecule has 0 aliphatic rings. The van der Waals surface area contributed by atoms with Crippen molar-refractivity contribution in [1.29, 1.82) is 0 Å². The minimum Gasteiger partial charge on any atom is -0.395 e. The van der Waals surface area contributed by atoms with Crippen molar-refractivity contribution in [2.45, 2.75) is 39.2 Å². The van der Waals surface area contributed by atoms with Crippen LogP contribution in [-0.2, 0) is 6.42 Å². The topological polar surface area (TPSA) is 83.8 Å². The van der Waals surface area contributed by atoms with Gasteiger partial charge in [-0.15, -0.1) is 0 Å². The Hall–Kier alpha value is -2.30. The molecule has 1 atom stereocenters. The second-order valence-electron chi connectivity index (χ2n) is 5.06. The number of benzene rings is 1. The van der Waals surface area contributed by atoms with E-state index in [2.05, 4.69) is 22.4 Å². The lowest BCUT2D eigenvalue weighted by Gasteiger charge is -2.16. The van der Waals surface area contributed by atoms with E-state index in [1.54, 1.807) is 0 Å². The Morgan fingerprint density at radius 1 is 1.33 bits per heavy atom. The highest BCUT2D eigenvalue weighted by molar-refractivity contribution is 5.97. The third kappa shape index (κ3) is 3.42. The van der Waals surface area contributed by atoms with E-state index < -0.39 is 0 Å². The average molecular weight is 286 g/mol. The maximum Gasteiger partial charge on any atom is 0.274 e. The third-order valence-corrected chi connectivity index (χ3v) is 3.51. The smallest absolute Gasteiger partial charge is 0.274 e. The first-order valence-electron chi connectivity index (χ1n) is 7.35. The van der Waals surface area contributed by atoms with Crippen LogP contribution in [0.15, 0.2) is 30.3 Å². The molecule has 1 heterocycles. The number of nitrogen functional groups attached to an aromatic ring is 1. The van der Waals surface area contributed by atoms with Crippen molar-refractivity contribution in [3.63, 3.8) is 0 Å². The zero-order chi connectivity index (χ0) is 15.2. The summed E-state index contributed by atoms with van der Waals surface area (Å²) < 4.78 is 0. The molecule has 0 fully saturated rings. The number of nitrogens with zero attached hydrogens (tertiary/aromatic N) is 1. The van der Waals surface area contributed by atoms with Gasteiger partial charge in [-0.3, -0.25) is 9.89 Å². The van der Waals surface area contributed by atoms with Crippen LogP contribution in [0.5, 0.6) is 0 Å². The Bertz CT molecular complexity index is 592. The van der Waals surface area contributed by atoms with Gasteiger partial charge in [0.2, 0.25) is 0 Å². The van der Waals surface area contributed by atoms with Gasteiger partial charge in [-0.2, -0.15) is 5.10 Å². The lowest BCUT2D eigenvalue weighted by atomic mass is 10.0. The summed E-state index contributed by atoms with van der Waals surface area (Å²) in [6.45, 7) is 4.09. The second-order valence-corrected chi connectivity index (χ2v) is 5.06. The van der Waals surface area contributed by atoms with Gasteiger partial charge in [0.25, 0.3) is 5.91 Å². The number of aromatic amines is 1. The van der Waals surface area contributed by atoms with Gasteiger partial charge in [0, 0.05) is 0 Å². The molecule has 2 rings (SSSR count). The van der Waals surface area contributed by atoms with Gasteiger partial charge >= 0.3 is 0 Å². The van der Waals surface area contributed by atoms with Crippen LogP contribution in [-0.4, -0.2) is 16.1 Å². The fourth-order valence-electron chi connectivity index (χ4n) is 2.33. The fraction of sp³-hybridized carbons (Fsp3) is 0.375. The minimum atomic E-state index is -0.234. The van der Waals surface area contributed by atoms with Crippen molar-refractivity contribution >= 4 is 11.6 Å². The highest BCUT2D eigenvalue weighted by Gasteiger charge is 2.20. The highest BCUT2D eigenvalue weighted by Crippen LogP contribution is 2.19. The minimum absolute atomic E-state index is 0.0376. The molecule has 1 amide bonds. The molecule has 0 spiro atoms. The molecule has 21 heavy (non-hydrogen) atoms. The van der Waals surface area contributed by atoms with E-state index in [1.165, 1.54) is 0 Å². The maximum absolute atomic E-state index is 12.4. The van der Waals surface area contributed by atoms with Crippen LogP contribution >= 0.6 is 0 Å². The number of nitrogens with two attached hydrogens (primary N) is 1. The number of nitrogens with one attached hydrogen (secondary N) is 2. The first-order valence-corrected chi connectivity index (χ1v) is 7.35. The maximum atomic E-state index is 12.4. The Balaban J connectivity index is 2.13. The predicted octanol–water partition coefficient (Wildman–Crippen LogP) is 2.83. The standard InChI is InChI=1S/C16H22N4O/c1-3-8-13-14(17)15(20-19-13)16(21)18-12(4-2)11-9-6-5-7-10-11/h5-7,9-10,12H,3-4,8,17H2,1-2H3,(H,18,21)(H,19,20). The van der Waals surface area contributed by atoms with E-state index in [9.17, 15) is 4.79 Å². The van der Waals surface area contributed by atoms with E-state index in [-0.39, 0.29) is 17.6 Å². The van der Waals surface area contributed by atoms with Crippen molar-refractivity contribution in [3.05, 3.63) is 47.3 Å². The molecule has 0 saturated heterocycles. The zero-order valence-corrected chi connectivity index (χ0v) is 12.5. The Morgan fingerprint density at radius 2 is 2.05 bits per heavy atom. The number of aromatic nitrogens is 2. The van der Waals surface area contributed by atoms with Gasteiger partial charge in [0.1, 0.15) is 0 Å². The Morgan fingerprint density at radius 3 is 2.67 bits per heavy atom. The quantitative estimate of drug-likeness (QED) is 0.763. The van der Waals surface area contributed by atoms with Crippen LogP contribution in [0.25, 0.3) is 0 Å². The van der Waals surface area contributed by atoms with Crippen molar-refractivity contribution in [2.24, 2.45) is 0 Å². The SMILES string of the molecule is CCCc1[nH]nc(C(=O)NC(CC)c2ccccc2)c1N.